The van der Waals surface area contributed by atoms with Crippen molar-refractivity contribution in [3.05, 3.63) is 64.1 Å². The van der Waals surface area contributed by atoms with E-state index < -0.39 is 9.96 Å². The zero-order chi connectivity index (χ0) is 17.0. The van der Waals surface area contributed by atoms with E-state index in [9.17, 15) is 4.79 Å². The number of nitrogens with one attached hydrogen (secondary N) is 2. The summed E-state index contributed by atoms with van der Waals surface area (Å²) in [6.45, 7) is 1.92. The molecule has 0 bridgehead atoms. The lowest BCUT2D eigenvalue weighted by Gasteiger charge is -2.28. The second kappa shape index (κ2) is 7.75. The number of carbonyl (C=O) groups is 1. The molecule has 7 heteroatoms. The Hall–Kier alpha value is -0.940. The van der Waals surface area contributed by atoms with E-state index in [1.165, 1.54) is 0 Å². The molecule has 0 aliphatic rings. The molecule has 2 aromatic rings. The normalized spacial score (nSPS) is 12.6. The van der Waals surface area contributed by atoms with Gasteiger partial charge in [0.2, 0.25) is 3.79 Å². The van der Waals surface area contributed by atoms with E-state index in [0.717, 1.165) is 15.7 Å². The minimum atomic E-state index is -1.71. The van der Waals surface area contributed by atoms with Crippen molar-refractivity contribution in [3.8, 4) is 0 Å². The summed E-state index contributed by atoms with van der Waals surface area (Å²) < 4.78 is -0.835. The highest BCUT2D eigenvalue weighted by atomic mass is 79.9. The van der Waals surface area contributed by atoms with Gasteiger partial charge in [0, 0.05) is 15.7 Å². The average Bonchev–Trinajstić information content (AvgIpc) is 2.48. The fourth-order valence-corrected chi connectivity index (χ4v) is 2.50. The Kier molecular flexibility index (Phi) is 6.20. The van der Waals surface area contributed by atoms with Crippen molar-refractivity contribution in [2.75, 3.05) is 5.32 Å². The summed E-state index contributed by atoms with van der Waals surface area (Å²) in [5.74, 6) is -0.338. The SMILES string of the molecule is Cc1ccccc1N[C@H](NC(=O)c1ccc(Br)cc1)C(Cl)(Cl)Cl. The number of hydrogen-bond donors (Lipinski definition) is 2. The maximum Gasteiger partial charge on any atom is 0.252 e. The number of alkyl halides is 3. The number of halogens is 4. The Bertz CT molecular complexity index is 686. The van der Waals surface area contributed by atoms with Crippen LogP contribution in [0.25, 0.3) is 0 Å². The van der Waals surface area contributed by atoms with Crippen molar-refractivity contribution in [1.82, 2.24) is 5.32 Å². The van der Waals surface area contributed by atoms with Crippen molar-refractivity contribution in [1.29, 1.82) is 0 Å². The summed E-state index contributed by atoms with van der Waals surface area (Å²) in [6, 6.07) is 14.5. The summed E-state index contributed by atoms with van der Waals surface area (Å²) in [4.78, 5) is 12.3. The second-order valence-corrected chi connectivity index (χ2v) is 8.20. The van der Waals surface area contributed by atoms with Gasteiger partial charge in [0.05, 0.1) is 0 Å². The Morgan fingerprint density at radius 1 is 1.09 bits per heavy atom. The van der Waals surface area contributed by atoms with Gasteiger partial charge >= 0.3 is 0 Å². The molecule has 3 nitrogen and oxygen atoms in total. The number of hydrogen-bond acceptors (Lipinski definition) is 2. The molecule has 0 aliphatic heterocycles. The van der Waals surface area contributed by atoms with Crippen molar-refractivity contribution in [2.45, 2.75) is 16.9 Å². The standard InChI is InChI=1S/C16H14BrCl3N2O/c1-10-4-2-3-5-13(10)21-15(16(18,19)20)22-14(23)11-6-8-12(17)9-7-11/h2-9,15,21H,1H3,(H,22,23)/t15-/m1/s1. The maximum absolute atomic E-state index is 12.3. The summed E-state index contributed by atoms with van der Waals surface area (Å²) in [7, 11) is 0. The molecule has 0 fully saturated rings. The molecule has 1 atom stereocenters. The Labute approximate surface area is 158 Å². The van der Waals surface area contributed by atoms with Crippen molar-refractivity contribution in [3.63, 3.8) is 0 Å². The molecule has 0 aromatic heterocycles. The van der Waals surface area contributed by atoms with E-state index in [1.807, 2.05) is 31.2 Å². The lowest BCUT2D eigenvalue weighted by atomic mass is 10.2. The van der Waals surface area contributed by atoms with Crippen LogP contribution in [0.2, 0.25) is 0 Å². The topological polar surface area (TPSA) is 41.1 Å². The van der Waals surface area contributed by atoms with Crippen LogP contribution >= 0.6 is 50.7 Å². The minimum absolute atomic E-state index is 0.338. The van der Waals surface area contributed by atoms with E-state index >= 15 is 0 Å². The van der Waals surface area contributed by atoms with E-state index in [2.05, 4.69) is 26.6 Å². The number of rotatable bonds is 4. The summed E-state index contributed by atoms with van der Waals surface area (Å²) in [5.41, 5.74) is 2.23. The largest absolute Gasteiger partial charge is 0.362 e. The molecule has 2 rings (SSSR count). The fourth-order valence-electron chi connectivity index (χ4n) is 1.91. The number of carbonyl (C=O) groups excluding carboxylic acids is 1. The van der Waals surface area contributed by atoms with E-state index in [1.54, 1.807) is 24.3 Å². The van der Waals surface area contributed by atoms with Gasteiger partial charge in [-0.25, -0.2) is 0 Å². The predicted molar refractivity (Wildman–Crippen MR) is 100 cm³/mol. The maximum atomic E-state index is 12.3. The highest BCUT2D eigenvalue weighted by Gasteiger charge is 2.34. The highest BCUT2D eigenvalue weighted by Crippen LogP contribution is 2.32. The van der Waals surface area contributed by atoms with E-state index in [0.29, 0.717) is 5.56 Å². The molecule has 0 spiro atoms. The lowest BCUT2D eigenvalue weighted by molar-refractivity contribution is 0.0942. The van der Waals surface area contributed by atoms with Crippen molar-refractivity contribution >= 4 is 62.3 Å². The average molecular weight is 437 g/mol. The number of para-hydroxylation sites is 1. The van der Waals surface area contributed by atoms with Gasteiger partial charge in [-0.1, -0.05) is 68.9 Å². The van der Waals surface area contributed by atoms with Gasteiger partial charge in [-0.2, -0.15) is 0 Å². The Balaban J connectivity index is 2.18. The third kappa shape index (κ3) is 5.28. The highest BCUT2D eigenvalue weighted by molar-refractivity contribution is 9.10. The van der Waals surface area contributed by atoms with Crippen LogP contribution in [0, 0.1) is 6.92 Å². The second-order valence-electron chi connectivity index (χ2n) is 4.91. The van der Waals surface area contributed by atoms with Gasteiger partial charge < -0.3 is 10.6 Å². The lowest BCUT2D eigenvalue weighted by Crippen LogP contribution is -2.49. The van der Waals surface area contributed by atoms with Gasteiger partial charge in [-0.3, -0.25) is 4.79 Å². The van der Waals surface area contributed by atoms with Crippen molar-refractivity contribution in [2.24, 2.45) is 0 Å². The first-order valence-electron chi connectivity index (χ1n) is 6.72. The first kappa shape index (κ1) is 18.4. The van der Waals surface area contributed by atoms with Crippen LogP contribution in [0.15, 0.2) is 53.0 Å². The van der Waals surface area contributed by atoms with Crippen molar-refractivity contribution < 1.29 is 4.79 Å². The number of aryl methyl sites for hydroxylation is 1. The molecule has 0 aliphatic carbocycles. The molecule has 0 saturated heterocycles. The van der Waals surface area contributed by atoms with Gasteiger partial charge in [0.25, 0.3) is 5.91 Å². The zero-order valence-electron chi connectivity index (χ0n) is 12.1. The zero-order valence-corrected chi connectivity index (χ0v) is 16.0. The third-order valence-corrected chi connectivity index (χ3v) is 4.34. The van der Waals surface area contributed by atoms with Gasteiger partial charge in [0.1, 0.15) is 6.17 Å². The number of benzene rings is 2. The molecule has 0 saturated carbocycles. The van der Waals surface area contributed by atoms with E-state index in [4.69, 9.17) is 34.8 Å². The monoisotopic (exact) mass is 434 g/mol. The molecule has 2 aromatic carbocycles. The quantitative estimate of drug-likeness (QED) is 0.505. The summed E-state index contributed by atoms with van der Waals surface area (Å²) in [5, 5.41) is 5.77. The van der Waals surface area contributed by atoms with Crippen LogP contribution in [-0.2, 0) is 0 Å². The molecule has 0 heterocycles. The smallest absolute Gasteiger partial charge is 0.252 e. The molecule has 23 heavy (non-hydrogen) atoms. The first-order valence-corrected chi connectivity index (χ1v) is 8.65. The van der Waals surface area contributed by atoms with Crippen LogP contribution < -0.4 is 10.6 Å². The molecule has 122 valence electrons. The van der Waals surface area contributed by atoms with Crippen LogP contribution in [-0.4, -0.2) is 15.9 Å². The number of amides is 1. The van der Waals surface area contributed by atoms with Gasteiger partial charge in [-0.05, 0) is 42.8 Å². The van der Waals surface area contributed by atoms with Crippen LogP contribution in [0.5, 0.6) is 0 Å². The third-order valence-electron chi connectivity index (χ3n) is 3.15. The Morgan fingerprint density at radius 2 is 1.70 bits per heavy atom. The fraction of sp³-hybridized carbons (Fsp3) is 0.188. The van der Waals surface area contributed by atoms with Gasteiger partial charge in [0.15, 0.2) is 0 Å². The van der Waals surface area contributed by atoms with Crippen LogP contribution in [0.3, 0.4) is 0 Å². The predicted octanol–water partition coefficient (Wildman–Crippen LogP) is 5.30. The first-order chi connectivity index (χ1) is 10.8. The summed E-state index contributed by atoms with van der Waals surface area (Å²) >= 11 is 21.3. The van der Waals surface area contributed by atoms with E-state index in [-0.39, 0.29) is 5.91 Å². The molecule has 0 radical (unpaired) electrons. The summed E-state index contributed by atoms with van der Waals surface area (Å²) in [6.07, 6.45) is -0.884. The molecular formula is C16H14BrCl3N2O. The Morgan fingerprint density at radius 3 is 2.26 bits per heavy atom. The number of anilines is 1. The van der Waals surface area contributed by atoms with Gasteiger partial charge in [-0.15, -0.1) is 0 Å². The van der Waals surface area contributed by atoms with Crippen LogP contribution in [0.1, 0.15) is 15.9 Å². The molecule has 2 N–H and O–H groups in total. The van der Waals surface area contributed by atoms with Crippen LogP contribution in [0.4, 0.5) is 5.69 Å². The minimum Gasteiger partial charge on any atom is -0.362 e. The molecule has 0 unspecified atom stereocenters. The molecular weight excluding hydrogens is 422 g/mol. The molecule has 1 amide bonds.